The van der Waals surface area contributed by atoms with Crippen molar-refractivity contribution in [1.82, 2.24) is 15.1 Å². The van der Waals surface area contributed by atoms with Crippen molar-refractivity contribution >= 4 is 0 Å². The van der Waals surface area contributed by atoms with E-state index >= 15 is 0 Å². The molecule has 0 amide bonds. The molecule has 20 heavy (non-hydrogen) atoms. The standard InChI is InChI=1S/C16H29N3O/c1-4-9-19-10-7-14(8-11-19)17-13-15(18(2)3)16-6-5-12-20-16/h5-6,12,14-15,17H,4,7-11,13H2,1-3H3. The fraction of sp³-hybridized carbons (Fsp3) is 0.750. The monoisotopic (exact) mass is 279 g/mol. The van der Waals surface area contributed by atoms with Crippen LogP contribution in [0.5, 0.6) is 0 Å². The minimum Gasteiger partial charge on any atom is -0.468 e. The Labute approximate surface area is 123 Å². The zero-order valence-electron chi connectivity index (χ0n) is 13.1. The first-order chi connectivity index (χ1) is 9.70. The highest BCUT2D eigenvalue weighted by atomic mass is 16.3. The summed E-state index contributed by atoms with van der Waals surface area (Å²) in [6.45, 7) is 6.94. The third-order valence-corrected chi connectivity index (χ3v) is 4.22. The van der Waals surface area contributed by atoms with Crippen LogP contribution >= 0.6 is 0 Å². The van der Waals surface area contributed by atoms with Gasteiger partial charge in [0.1, 0.15) is 5.76 Å². The second-order valence-electron chi connectivity index (χ2n) is 6.02. The molecule has 4 nitrogen and oxygen atoms in total. The molecule has 2 heterocycles. The summed E-state index contributed by atoms with van der Waals surface area (Å²) in [6, 6.07) is 5.00. The third-order valence-electron chi connectivity index (χ3n) is 4.22. The average Bonchev–Trinajstić information content (AvgIpc) is 2.95. The second-order valence-corrected chi connectivity index (χ2v) is 6.02. The Morgan fingerprint density at radius 1 is 1.40 bits per heavy atom. The van der Waals surface area contributed by atoms with Gasteiger partial charge in [0, 0.05) is 12.6 Å². The van der Waals surface area contributed by atoms with E-state index in [1.54, 1.807) is 6.26 Å². The number of hydrogen-bond donors (Lipinski definition) is 1. The largest absolute Gasteiger partial charge is 0.468 e. The number of nitrogens with zero attached hydrogens (tertiary/aromatic N) is 2. The van der Waals surface area contributed by atoms with Gasteiger partial charge in [-0.2, -0.15) is 0 Å². The lowest BCUT2D eigenvalue weighted by molar-refractivity contribution is 0.184. The van der Waals surface area contributed by atoms with E-state index in [4.69, 9.17) is 4.42 Å². The normalized spacial score (nSPS) is 19.6. The molecule has 0 bridgehead atoms. The maximum atomic E-state index is 5.56. The Kier molecular flexibility index (Phi) is 6.07. The molecule has 1 aromatic rings. The van der Waals surface area contributed by atoms with Crippen molar-refractivity contribution in [1.29, 1.82) is 0 Å². The predicted molar refractivity (Wildman–Crippen MR) is 82.9 cm³/mol. The van der Waals surface area contributed by atoms with Gasteiger partial charge in [-0.15, -0.1) is 0 Å². The van der Waals surface area contributed by atoms with Crippen molar-refractivity contribution in [3.63, 3.8) is 0 Å². The van der Waals surface area contributed by atoms with Gasteiger partial charge in [-0.25, -0.2) is 0 Å². The van der Waals surface area contributed by atoms with Gasteiger partial charge in [0.25, 0.3) is 0 Å². The van der Waals surface area contributed by atoms with Crippen molar-refractivity contribution < 1.29 is 4.42 Å². The molecule has 0 aliphatic carbocycles. The highest BCUT2D eigenvalue weighted by Gasteiger charge is 2.21. The molecular formula is C16H29N3O. The number of rotatable bonds is 7. The molecule has 1 aliphatic heterocycles. The lowest BCUT2D eigenvalue weighted by Crippen LogP contribution is -2.44. The Hall–Kier alpha value is -0.840. The topological polar surface area (TPSA) is 31.6 Å². The first kappa shape index (κ1) is 15.5. The number of nitrogens with one attached hydrogen (secondary N) is 1. The molecule has 1 aromatic heterocycles. The first-order valence-corrected chi connectivity index (χ1v) is 7.86. The molecular weight excluding hydrogens is 250 g/mol. The van der Waals surface area contributed by atoms with Crippen LogP contribution in [0.15, 0.2) is 22.8 Å². The summed E-state index contributed by atoms with van der Waals surface area (Å²) in [5.41, 5.74) is 0. The zero-order valence-corrected chi connectivity index (χ0v) is 13.1. The van der Waals surface area contributed by atoms with Gasteiger partial charge in [-0.05, 0) is 65.1 Å². The molecule has 1 aliphatic rings. The van der Waals surface area contributed by atoms with Gasteiger partial charge in [-0.1, -0.05) is 6.92 Å². The number of likely N-dealkylation sites (N-methyl/N-ethyl adjacent to an activating group) is 1. The fourth-order valence-electron chi connectivity index (χ4n) is 2.97. The van der Waals surface area contributed by atoms with Crippen molar-refractivity contribution in [2.45, 2.75) is 38.3 Å². The number of hydrogen-bond acceptors (Lipinski definition) is 4. The average molecular weight is 279 g/mol. The minimum atomic E-state index is 0.318. The van der Waals surface area contributed by atoms with Gasteiger partial charge in [0.15, 0.2) is 0 Å². The van der Waals surface area contributed by atoms with E-state index in [1.165, 1.54) is 38.9 Å². The summed E-state index contributed by atoms with van der Waals surface area (Å²) in [6.07, 6.45) is 5.55. The molecule has 0 aromatic carbocycles. The number of piperidine rings is 1. The van der Waals surface area contributed by atoms with Crippen LogP contribution in [-0.4, -0.2) is 56.1 Å². The maximum absolute atomic E-state index is 5.56. The molecule has 2 rings (SSSR count). The summed E-state index contributed by atoms with van der Waals surface area (Å²) in [4.78, 5) is 4.80. The van der Waals surface area contributed by atoms with Gasteiger partial charge < -0.3 is 14.6 Å². The third kappa shape index (κ3) is 4.33. The summed E-state index contributed by atoms with van der Waals surface area (Å²) >= 11 is 0. The van der Waals surface area contributed by atoms with E-state index < -0.39 is 0 Å². The van der Waals surface area contributed by atoms with Crippen LogP contribution in [0.2, 0.25) is 0 Å². The summed E-state index contributed by atoms with van der Waals surface area (Å²) in [7, 11) is 4.22. The first-order valence-electron chi connectivity index (χ1n) is 7.86. The number of furan rings is 1. The highest BCUT2D eigenvalue weighted by molar-refractivity contribution is 5.05. The highest BCUT2D eigenvalue weighted by Crippen LogP contribution is 2.19. The number of likely N-dealkylation sites (tertiary alicyclic amines) is 1. The fourth-order valence-corrected chi connectivity index (χ4v) is 2.97. The zero-order chi connectivity index (χ0) is 14.4. The van der Waals surface area contributed by atoms with Crippen LogP contribution in [0.4, 0.5) is 0 Å². The van der Waals surface area contributed by atoms with E-state index in [2.05, 4.69) is 42.2 Å². The molecule has 1 N–H and O–H groups in total. The predicted octanol–water partition coefficient (Wildman–Crippen LogP) is 2.35. The Morgan fingerprint density at radius 3 is 2.70 bits per heavy atom. The molecule has 4 heteroatoms. The Morgan fingerprint density at radius 2 is 2.15 bits per heavy atom. The van der Waals surface area contributed by atoms with Crippen molar-refractivity contribution in [2.24, 2.45) is 0 Å². The van der Waals surface area contributed by atoms with Crippen LogP contribution in [0.1, 0.15) is 38.0 Å². The minimum absolute atomic E-state index is 0.318. The van der Waals surface area contributed by atoms with Crippen LogP contribution in [-0.2, 0) is 0 Å². The summed E-state index contributed by atoms with van der Waals surface area (Å²) < 4.78 is 5.56. The Balaban J connectivity index is 1.77. The van der Waals surface area contributed by atoms with Gasteiger partial charge in [0.05, 0.1) is 12.3 Å². The van der Waals surface area contributed by atoms with E-state index in [0.29, 0.717) is 12.1 Å². The molecule has 1 unspecified atom stereocenters. The molecule has 1 saturated heterocycles. The molecule has 1 atom stereocenters. The molecule has 0 spiro atoms. The molecule has 114 valence electrons. The summed E-state index contributed by atoms with van der Waals surface area (Å²) in [5.74, 6) is 1.05. The van der Waals surface area contributed by atoms with Crippen molar-refractivity contribution in [3.05, 3.63) is 24.2 Å². The second kappa shape index (κ2) is 7.81. The van der Waals surface area contributed by atoms with Crippen LogP contribution in [0.3, 0.4) is 0 Å². The molecule has 1 fully saturated rings. The van der Waals surface area contributed by atoms with Gasteiger partial charge in [0.2, 0.25) is 0 Å². The van der Waals surface area contributed by atoms with E-state index in [1.807, 2.05) is 6.07 Å². The molecule has 0 saturated carbocycles. The SMILES string of the molecule is CCCN1CCC(NCC(c2ccco2)N(C)C)CC1. The van der Waals surface area contributed by atoms with E-state index in [9.17, 15) is 0 Å². The van der Waals surface area contributed by atoms with E-state index in [-0.39, 0.29) is 0 Å². The lowest BCUT2D eigenvalue weighted by atomic mass is 10.0. The van der Waals surface area contributed by atoms with Gasteiger partial charge >= 0.3 is 0 Å². The van der Waals surface area contributed by atoms with E-state index in [0.717, 1.165) is 12.3 Å². The van der Waals surface area contributed by atoms with Crippen molar-refractivity contribution in [2.75, 3.05) is 40.3 Å². The maximum Gasteiger partial charge on any atom is 0.122 e. The van der Waals surface area contributed by atoms with Gasteiger partial charge in [-0.3, -0.25) is 4.90 Å². The summed E-state index contributed by atoms with van der Waals surface area (Å²) in [5, 5.41) is 3.73. The molecule has 0 radical (unpaired) electrons. The van der Waals surface area contributed by atoms with Crippen LogP contribution in [0.25, 0.3) is 0 Å². The Bertz CT molecular complexity index is 356. The van der Waals surface area contributed by atoms with Crippen LogP contribution < -0.4 is 5.32 Å². The lowest BCUT2D eigenvalue weighted by Gasteiger charge is -2.33. The van der Waals surface area contributed by atoms with Crippen LogP contribution in [0, 0.1) is 0 Å². The quantitative estimate of drug-likeness (QED) is 0.830. The van der Waals surface area contributed by atoms with Crippen molar-refractivity contribution in [3.8, 4) is 0 Å². The smallest absolute Gasteiger partial charge is 0.122 e.